The molecule has 0 aliphatic heterocycles. The summed E-state index contributed by atoms with van der Waals surface area (Å²) in [5.74, 6) is -1.21. The Labute approximate surface area is 172 Å². The number of nitrogens with zero attached hydrogens (tertiary/aromatic N) is 1. The fourth-order valence-corrected chi connectivity index (χ4v) is 4.77. The third-order valence-corrected chi connectivity index (χ3v) is 7.79. The van der Waals surface area contributed by atoms with Crippen molar-refractivity contribution in [2.24, 2.45) is 5.73 Å². The van der Waals surface area contributed by atoms with Crippen molar-refractivity contribution in [2.45, 2.75) is 63.0 Å². The van der Waals surface area contributed by atoms with E-state index in [-0.39, 0.29) is 29.5 Å². The molecule has 1 unspecified atom stereocenters. The number of hydrogen-bond donors (Lipinski definition) is 2. The second-order valence-corrected chi connectivity index (χ2v) is 10.3. The second-order valence-electron chi connectivity index (χ2n) is 7.87. The molecular weight excluding hydrogens is 394 g/mol. The maximum Gasteiger partial charge on any atom is 0.254 e. The van der Waals surface area contributed by atoms with Gasteiger partial charge in [0.05, 0.1) is 17.4 Å². The van der Waals surface area contributed by atoms with E-state index in [1.807, 2.05) is 6.92 Å². The van der Waals surface area contributed by atoms with Crippen LogP contribution in [0.3, 0.4) is 0 Å². The number of hydrogen-bond acceptors (Lipinski definition) is 6. The molecule has 1 fully saturated rings. The van der Waals surface area contributed by atoms with E-state index in [4.69, 9.17) is 10.5 Å². The van der Waals surface area contributed by atoms with Gasteiger partial charge in [-0.05, 0) is 30.7 Å². The number of sulfone groups is 1. The Morgan fingerprint density at radius 1 is 1.34 bits per heavy atom. The highest BCUT2D eigenvalue weighted by atomic mass is 32.2. The van der Waals surface area contributed by atoms with Gasteiger partial charge in [-0.15, -0.1) is 0 Å². The molecule has 1 atom stereocenters. The molecule has 1 aliphatic carbocycles. The predicted molar refractivity (Wildman–Crippen MR) is 111 cm³/mol. The highest BCUT2D eigenvalue weighted by Gasteiger charge is 2.52. The fourth-order valence-electron chi connectivity index (χ4n) is 3.59. The van der Waals surface area contributed by atoms with Gasteiger partial charge < -0.3 is 15.8 Å². The normalized spacial score (nSPS) is 16.1. The zero-order valence-electron chi connectivity index (χ0n) is 17.6. The van der Waals surface area contributed by atoms with Crippen LogP contribution in [-0.2, 0) is 9.84 Å². The van der Waals surface area contributed by atoms with Crippen molar-refractivity contribution in [1.29, 1.82) is 0 Å². The monoisotopic (exact) mass is 425 g/mol. The lowest BCUT2D eigenvalue weighted by Crippen LogP contribution is -2.38. The van der Waals surface area contributed by atoms with Gasteiger partial charge in [-0.25, -0.2) is 13.4 Å². The largest absolute Gasteiger partial charge is 0.480 e. The van der Waals surface area contributed by atoms with E-state index < -0.39 is 26.4 Å². The Morgan fingerprint density at radius 2 is 2.00 bits per heavy atom. The standard InChI is InChI=1S/C20H31N3O5S/c1-5-6-7-8-13(2)15-14(11-22-19(28-3)16(15)17(21)24)18(25)23-12-20(9-10-20)29(4,26)27/h11,13H,5-10,12H2,1-4H3,(H2,21,24)(H,23,25). The number of unbranched alkanes of at least 4 members (excludes halogenated alkanes) is 2. The van der Waals surface area contributed by atoms with Crippen LogP contribution in [0.4, 0.5) is 0 Å². The van der Waals surface area contributed by atoms with Crippen molar-refractivity contribution >= 4 is 21.7 Å². The van der Waals surface area contributed by atoms with Gasteiger partial charge in [0, 0.05) is 19.0 Å². The van der Waals surface area contributed by atoms with Crippen LogP contribution in [0.15, 0.2) is 6.20 Å². The van der Waals surface area contributed by atoms with Crippen LogP contribution in [0.1, 0.15) is 84.6 Å². The molecule has 8 nitrogen and oxygen atoms in total. The van der Waals surface area contributed by atoms with E-state index in [1.54, 1.807) is 0 Å². The minimum atomic E-state index is -3.27. The summed E-state index contributed by atoms with van der Waals surface area (Å²) in [6, 6.07) is 0. The number of amides is 2. The van der Waals surface area contributed by atoms with E-state index in [9.17, 15) is 18.0 Å². The van der Waals surface area contributed by atoms with Crippen LogP contribution in [0.5, 0.6) is 5.88 Å². The van der Waals surface area contributed by atoms with E-state index in [0.717, 1.165) is 25.7 Å². The van der Waals surface area contributed by atoms with Gasteiger partial charge in [0.25, 0.3) is 11.8 Å². The molecule has 3 N–H and O–H groups in total. The van der Waals surface area contributed by atoms with Gasteiger partial charge >= 0.3 is 0 Å². The van der Waals surface area contributed by atoms with E-state index in [1.165, 1.54) is 19.6 Å². The summed E-state index contributed by atoms with van der Waals surface area (Å²) in [4.78, 5) is 29.2. The molecule has 0 saturated heterocycles. The summed E-state index contributed by atoms with van der Waals surface area (Å²) in [5.41, 5.74) is 6.43. The van der Waals surface area contributed by atoms with Gasteiger partial charge in [0.2, 0.25) is 5.88 Å². The first-order chi connectivity index (χ1) is 13.6. The van der Waals surface area contributed by atoms with Crippen molar-refractivity contribution in [2.75, 3.05) is 19.9 Å². The summed E-state index contributed by atoms with van der Waals surface area (Å²) in [5, 5.41) is 2.72. The topological polar surface area (TPSA) is 128 Å². The number of nitrogens with two attached hydrogens (primary N) is 1. The Hall–Kier alpha value is -2.16. The highest BCUT2D eigenvalue weighted by molar-refractivity contribution is 7.92. The minimum Gasteiger partial charge on any atom is -0.480 e. The summed E-state index contributed by atoms with van der Waals surface area (Å²) in [6.07, 6.45) is 7.42. The molecule has 2 rings (SSSR count). The zero-order valence-corrected chi connectivity index (χ0v) is 18.4. The lowest BCUT2D eigenvalue weighted by atomic mass is 9.88. The molecule has 162 valence electrons. The molecule has 1 aromatic heterocycles. The predicted octanol–water partition coefficient (Wildman–Crippen LogP) is 2.18. The van der Waals surface area contributed by atoms with E-state index in [2.05, 4.69) is 17.2 Å². The average Bonchev–Trinajstić information content (AvgIpc) is 3.46. The van der Waals surface area contributed by atoms with Crippen molar-refractivity contribution < 1.29 is 22.7 Å². The summed E-state index contributed by atoms with van der Waals surface area (Å²) in [6.45, 7) is 4.07. The van der Waals surface area contributed by atoms with Gasteiger partial charge in [0.1, 0.15) is 5.56 Å². The molecule has 1 aliphatic rings. The molecule has 2 amide bonds. The molecular formula is C20H31N3O5S. The first kappa shape index (κ1) is 23.1. The van der Waals surface area contributed by atoms with Gasteiger partial charge in [-0.1, -0.05) is 33.1 Å². The molecule has 0 bridgehead atoms. The Kier molecular flexibility index (Phi) is 7.26. The number of rotatable bonds is 11. The maximum atomic E-state index is 12.9. The number of methoxy groups -OCH3 is 1. The van der Waals surface area contributed by atoms with Crippen molar-refractivity contribution in [1.82, 2.24) is 10.3 Å². The zero-order chi connectivity index (χ0) is 21.8. The van der Waals surface area contributed by atoms with Crippen molar-refractivity contribution in [3.8, 4) is 5.88 Å². The molecule has 1 aromatic rings. The van der Waals surface area contributed by atoms with E-state index >= 15 is 0 Å². The molecule has 1 heterocycles. The Morgan fingerprint density at radius 3 is 2.48 bits per heavy atom. The van der Waals surface area contributed by atoms with Crippen LogP contribution >= 0.6 is 0 Å². The number of ether oxygens (including phenoxy) is 1. The number of nitrogens with one attached hydrogen (secondary N) is 1. The molecule has 29 heavy (non-hydrogen) atoms. The second kappa shape index (κ2) is 9.11. The molecule has 0 aromatic carbocycles. The SMILES string of the molecule is CCCCCC(C)c1c(C(=O)NCC2(S(C)(=O)=O)CC2)cnc(OC)c1C(N)=O. The fraction of sp³-hybridized carbons (Fsp3) is 0.650. The van der Waals surface area contributed by atoms with Crippen LogP contribution in [0.2, 0.25) is 0 Å². The molecule has 9 heteroatoms. The number of pyridine rings is 1. The third-order valence-electron chi connectivity index (χ3n) is 5.67. The number of primary amides is 1. The van der Waals surface area contributed by atoms with Gasteiger partial charge in [0.15, 0.2) is 9.84 Å². The number of carbonyl (C=O) groups is 2. The van der Waals surface area contributed by atoms with Crippen molar-refractivity contribution in [3.05, 3.63) is 22.9 Å². The molecule has 0 radical (unpaired) electrons. The Balaban J connectivity index is 2.38. The molecule has 1 saturated carbocycles. The average molecular weight is 426 g/mol. The lowest BCUT2D eigenvalue weighted by Gasteiger charge is -2.21. The van der Waals surface area contributed by atoms with Crippen LogP contribution in [0.25, 0.3) is 0 Å². The smallest absolute Gasteiger partial charge is 0.254 e. The minimum absolute atomic E-state index is 0.0340. The molecule has 0 spiro atoms. The van der Waals surface area contributed by atoms with E-state index in [0.29, 0.717) is 18.4 Å². The third kappa shape index (κ3) is 5.07. The lowest BCUT2D eigenvalue weighted by molar-refractivity contribution is 0.0951. The number of carbonyl (C=O) groups excluding carboxylic acids is 2. The van der Waals surface area contributed by atoms with Crippen LogP contribution < -0.4 is 15.8 Å². The summed E-state index contributed by atoms with van der Waals surface area (Å²) < 4.78 is 28.3. The van der Waals surface area contributed by atoms with Crippen LogP contribution in [0, 0.1) is 0 Å². The first-order valence-electron chi connectivity index (χ1n) is 9.92. The first-order valence-corrected chi connectivity index (χ1v) is 11.8. The highest BCUT2D eigenvalue weighted by Crippen LogP contribution is 2.42. The summed E-state index contributed by atoms with van der Waals surface area (Å²) in [7, 11) is -1.88. The quantitative estimate of drug-likeness (QED) is 0.523. The maximum absolute atomic E-state index is 12.9. The summed E-state index contributed by atoms with van der Waals surface area (Å²) >= 11 is 0. The van der Waals surface area contributed by atoms with Crippen molar-refractivity contribution in [3.63, 3.8) is 0 Å². The van der Waals surface area contributed by atoms with Gasteiger partial charge in [-0.2, -0.15) is 0 Å². The van der Waals surface area contributed by atoms with Crippen LogP contribution in [-0.4, -0.2) is 49.9 Å². The Bertz CT molecular complexity index is 878. The number of aromatic nitrogens is 1. The van der Waals surface area contributed by atoms with Gasteiger partial charge in [-0.3, -0.25) is 9.59 Å².